The Morgan fingerprint density at radius 2 is 2.36 bits per heavy atom. The molecule has 1 unspecified atom stereocenters. The molecule has 0 aliphatic rings. The molecule has 14 heavy (non-hydrogen) atoms. The second kappa shape index (κ2) is 5.58. The minimum Gasteiger partial charge on any atom is -0.276 e. The quantitative estimate of drug-likeness (QED) is 0.722. The summed E-state index contributed by atoms with van der Waals surface area (Å²) in [6.07, 6.45) is 9.06. The summed E-state index contributed by atoms with van der Waals surface area (Å²) in [4.78, 5) is 15.5. The van der Waals surface area contributed by atoms with E-state index in [0.29, 0.717) is 12.3 Å². The highest BCUT2D eigenvalue weighted by molar-refractivity contribution is 5.78. The van der Waals surface area contributed by atoms with E-state index in [9.17, 15) is 4.79 Å². The molecule has 0 saturated carbocycles. The van der Waals surface area contributed by atoms with Gasteiger partial charge in [-0.1, -0.05) is 33.1 Å². The number of hydrogen-bond donors (Lipinski definition) is 0. The first-order valence-corrected chi connectivity index (χ1v) is 5.25. The fraction of sp³-hybridized carbons (Fsp3) is 0.636. The van der Waals surface area contributed by atoms with Crippen LogP contribution in [0.25, 0.3) is 0 Å². The zero-order chi connectivity index (χ0) is 10.4. The lowest BCUT2D eigenvalue weighted by atomic mass is 10.0. The molecule has 1 atom stereocenters. The molecule has 0 amide bonds. The lowest BCUT2D eigenvalue weighted by molar-refractivity contribution is 0.0880. The van der Waals surface area contributed by atoms with Gasteiger partial charge in [-0.3, -0.25) is 9.36 Å². The Kier molecular flexibility index (Phi) is 4.36. The minimum atomic E-state index is 0.145. The number of imidazole rings is 1. The van der Waals surface area contributed by atoms with Gasteiger partial charge in [0.25, 0.3) is 0 Å². The van der Waals surface area contributed by atoms with Crippen LogP contribution in [0.4, 0.5) is 0 Å². The monoisotopic (exact) mass is 194 g/mol. The fourth-order valence-electron chi connectivity index (χ4n) is 1.46. The molecule has 1 heterocycles. The molecular weight excluding hydrogens is 176 g/mol. The number of unbranched alkanes of at least 4 members (excludes halogenated alkanes) is 1. The van der Waals surface area contributed by atoms with Crippen molar-refractivity contribution in [2.45, 2.75) is 39.5 Å². The molecule has 1 aromatic heterocycles. The highest BCUT2D eigenvalue weighted by atomic mass is 16.2. The lowest BCUT2D eigenvalue weighted by Gasteiger charge is -2.09. The molecule has 0 aliphatic carbocycles. The average Bonchev–Trinajstić information content (AvgIpc) is 2.67. The SMILES string of the molecule is CCCCC(C)CC(=O)n1ccnc1. The zero-order valence-corrected chi connectivity index (χ0v) is 8.94. The van der Waals surface area contributed by atoms with Gasteiger partial charge in [0.15, 0.2) is 0 Å². The van der Waals surface area contributed by atoms with Gasteiger partial charge in [0.05, 0.1) is 0 Å². The normalized spacial score (nSPS) is 12.7. The second-order valence-corrected chi connectivity index (χ2v) is 3.82. The Morgan fingerprint density at radius 1 is 1.57 bits per heavy atom. The van der Waals surface area contributed by atoms with Crippen molar-refractivity contribution in [2.24, 2.45) is 5.92 Å². The summed E-state index contributed by atoms with van der Waals surface area (Å²) < 4.78 is 1.56. The van der Waals surface area contributed by atoms with Gasteiger partial charge in [-0.25, -0.2) is 4.98 Å². The molecule has 0 radical (unpaired) electrons. The molecule has 0 bridgehead atoms. The van der Waals surface area contributed by atoms with E-state index in [4.69, 9.17) is 0 Å². The van der Waals surface area contributed by atoms with Crippen LogP contribution in [0, 0.1) is 5.92 Å². The molecular formula is C11H18N2O. The van der Waals surface area contributed by atoms with E-state index in [2.05, 4.69) is 18.8 Å². The van der Waals surface area contributed by atoms with E-state index in [-0.39, 0.29) is 5.91 Å². The molecule has 3 nitrogen and oxygen atoms in total. The predicted molar refractivity (Wildman–Crippen MR) is 56.2 cm³/mol. The van der Waals surface area contributed by atoms with Crippen molar-refractivity contribution in [3.63, 3.8) is 0 Å². The average molecular weight is 194 g/mol. The third-order valence-corrected chi connectivity index (χ3v) is 2.37. The summed E-state index contributed by atoms with van der Waals surface area (Å²) in [6.45, 7) is 4.30. The number of aromatic nitrogens is 2. The van der Waals surface area contributed by atoms with Crippen LogP contribution in [0.5, 0.6) is 0 Å². The van der Waals surface area contributed by atoms with Gasteiger partial charge in [-0.15, -0.1) is 0 Å². The molecule has 0 aliphatic heterocycles. The summed E-state index contributed by atoms with van der Waals surface area (Å²) in [7, 11) is 0. The molecule has 0 spiro atoms. The minimum absolute atomic E-state index is 0.145. The summed E-state index contributed by atoms with van der Waals surface area (Å²) in [5.41, 5.74) is 0. The van der Waals surface area contributed by atoms with E-state index in [1.165, 1.54) is 12.8 Å². The van der Waals surface area contributed by atoms with Crippen LogP contribution >= 0.6 is 0 Å². The zero-order valence-electron chi connectivity index (χ0n) is 8.94. The Balaban J connectivity index is 2.34. The van der Waals surface area contributed by atoms with E-state index in [0.717, 1.165) is 6.42 Å². The van der Waals surface area contributed by atoms with E-state index >= 15 is 0 Å². The molecule has 1 rings (SSSR count). The Bertz CT molecular complexity index is 267. The van der Waals surface area contributed by atoms with Crippen molar-refractivity contribution in [1.29, 1.82) is 0 Å². The molecule has 0 saturated heterocycles. The van der Waals surface area contributed by atoms with Gasteiger partial charge >= 0.3 is 0 Å². The van der Waals surface area contributed by atoms with Crippen molar-refractivity contribution >= 4 is 5.91 Å². The highest BCUT2D eigenvalue weighted by Gasteiger charge is 2.09. The first-order valence-electron chi connectivity index (χ1n) is 5.25. The maximum atomic E-state index is 11.6. The lowest BCUT2D eigenvalue weighted by Crippen LogP contribution is -2.12. The van der Waals surface area contributed by atoms with Crippen molar-refractivity contribution in [2.75, 3.05) is 0 Å². The summed E-state index contributed by atoms with van der Waals surface area (Å²) in [6, 6.07) is 0. The van der Waals surface area contributed by atoms with E-state index in [1.54, 1.807) is 23.3 Å². The van der Waals surface area contributed by atoms with Crippen LogP contribution in [-0.2, 0) is 0 Å². The predicted octanol–water partition coefficient (Wildman–Crippen LogP) is 2.74. The number of carbonyl (C=O) groups is 1. The molecule has 0 aromatic carbocycles. The first kappa shape index (κ1) is 11.0. The molecule has 0 fully saturated rings. The number of rotatable bonds is 5. The summed E-state index contributed by atoms with van der Waals surface area (Å²) in [5.74, 6) is 0.621. The smallest absolute Gasteiger partial charge is 0.232 e. The molecule has 1 aromatic rings. The third-order valence-electron chi connectivity index (χ3n) is 2.37. The van der Waals surface area contributed by atoms with Crippen LogP contribution < -0.4 is 0 Å². The second-order valence-electron chi connectivity index (χ2n) is 3.82. The van der Waals surface area contributed by atoms with Gasteiger partial charge in [-0.05, 0) is 5.92 Å². The van der Waals surface area contributed by atoms with E-state index in [1.807, 2.05) is 0 Å². The Hall–Kier alpha value is -1.12. The maximum absolute atomic E-state index is 11.6. The summed E-state index contributed by atoms with van der Waals surface area (Å²) in [5, 5.41) is 0. The standard InChI is InChI=1S/C11H18N2O/c1-3-4-5-10(2)8-11(14)13-7-6-12-9-13/h6-7,9-10H,3-5,8H2,1-2H3. The Morgan fingerprint density at radius 3 is 2.93 bits per heavy atom. The molecule has 3 heteroatoms. The van der Waals surface area contributed by atoms with Crippen LogP contribution in [0.2, 0.25) is 0 Å². The fourth-order valence-corrected chi connectivity index (χ4v) is 1.46. The van der Waals surface area contributed by atoms with Gasteiger partial charge in [-0.2, -0.15) is 0 Å². The number of carbonyl (C=O) groups excluding carboxylic acids is 1. The van der Waals surface area contributed by atoms with Gasteiger partial charge in [0.2, 0.25) is 5.91 Å². The van der Waals surface area contributed by atoms with Gasteiger partial charge in [0, 0.05) is 18.8 Å². The Labute approximate surface area is 85.2 Å². The first-order chi connectivity index (χ1) is 6.74. The van der Waals surface area contributed by atoms with Gasteiger partial charge in [0.1, 0.15) is 6.33 Å². The number of hydrogen-bond acceptors (Lipinski definition) is 2. The molecule has 0 N–H and O–H groups in total. The topological polar surface area (TPSA) is 34.9 Å². The number of nitrogens with zero attached hydrogens (tertiary/aromatic N) is 2. The maximum Gasteiger partial charge on any atom is 0.232 e. The highest BCUT2D eigenvalue weighted by Crippen LogP contribution is 2.12. The van der Waals surface area contributed by atoms with Crippen LogP contribution in [0.15, 0.2) is 18.7 Å². The van der Waals surface area contributed by atoms with Crippen molar-refractivity contribution in [3.05, 3.63) is 18.7 Å². The third kappa shape index (κ3) is 3.32. The summed E-state index contributed by atoms with van der Waals surface area (Å²) >= 11 is 0. The van der Waals surface area contributed by atoms with Crippen molar-refractivity contribution in [3.8, 4) is 0 Å². The van der Waals surface area contributed by atoms with Crippen LogP contribution in [0.3, 0.4) is 0 Å². The van der Waals surface area contributed by atoms with Crippen LogP contribution in [0.1, 0.15) is 44.3 Å². The van der Waals surface area contributed by atoms with Crippen molar-refractivity contribution < 1.29 is 4.79 Å². The van der Waals surface area contributed by atoms with Crippen LogP contribution in [-0.4, -0.2) is 15.5 Å². The van der Waals surface area contributed by atoms with Gasteiger partial charge < -0.3 is 0 Å². The van der Waals surface area contributed by atoms with E-state index < -0.39 is 0 Å². The molecule has 78 valence electrons. The van der Waals surface area contributed by atoms with Crippen molar-refractivity contribution in [1.82, 2.24) is 9.55 Å². The largest absolute Gasteiger partial charge is 0.276 e.